The number of likely N-dealkylation sites (tertiary alicyclic amines) is 1. The number of benzene rings is 1. The average Bonchev–Trinajstić information content (AvgIpc) is 3.42. The lowest BCUT2D eigenvalue weighted by Crippen LogP contribution is -2.63. The fourth-order valence-electron chi connectivity index (χ4n) is 6.72. The van der Waals surface area contributed by atoms with E-state index in [-0.39, 0.29) is 11.3 Å². The average molecular weight is 528 g/mol. The summed E-state index contributed by atoms with van der Waals surface area (Å²) in [4.78, 5) is 20.5. The van der Waals surface area contributed by atoms with E-state index in [0.717, 1.165) is 83.1 Å². The van der Waals surface area contributed by atoms with Crippen molar-refractivity contribution in [2.75, 3.05) is 31.1 Å². The van der Waals surface area contributed by atoms with Crippen LogP contribution in [0, 0.1) is 19.3 Å². The van der Waals surface area contributed by atoms with Crippen molar-refractivity contribution in [3.8, 4) is 11.1 Å². The second-order valence-electron chi connectivity index (χ2n) is 11.3. The number of hydrogen-bond acceptors (Lipinski definition) is 5. The van der Waals surface area contributed by atoms with Gasteiger partial charge in [-0.05, 0) is 56.0 Å². The van der Waals surface area contributed by atoms with Crippen molar-refractivity contribution < 1.29 is 4.79 Å². The molecule has 3 aliphatic rings. The smallest absolute Gasteiger partial charge is 0.245 e. The highest BCUT2D eigenvalue weighted by Crippen LogP contribution is 2.55. The van der Waals surface area contributed by atoms with Gasteiger partial charge in [0, 0.05) is 72.1 Å². The van der Waals surface area contributed by atoms with Crippen LogP contribution in [0.1, 0.15) is 41.6 Å². The Bertz CT molecular complexity index is 1570. The molecule has 1 saturated carbocycles. The number of carbonyl (C=O) groups excluding carboxylic acids is 1. The van der Waals surface area contributed by atoms with Crippen LogP contribution in [-0.4, -0.2) is 61.9 Å². The second kappa shape index (κ2) is 8.43. The number of hydrogen-bond donors (Lipinski definition) is 1. The van der Waals surface area contributed by atoms with Crippen LogP contribution in [0.15, 0.2) is 49.4 Å². The number of nitrogens with one attached hydrogen (secondary N) is 1. The molecule has 0 radical (unpaired) electrons. The molecular weight excluding hydrogens is 498 g/mol. The van der Waals surface area contributed by atoms with Crippen LogP contribution in [0.4, 0.5) is 5.82 Å². The quantitative estimate of drug-likeness (QED) is 0.367. The molecule has 3 aromatic heterocycles. The molecule has 3 fully saturated rings. The van der Waals surface area contributed by atoms with Crippen LogP contribution in [0.5, 0.6) is 0 Å². The Morgan fingerprint density at radius 1 is 1.21 bits per heavy atom. The van der Waals surface area contributed by atoms with Gasteiger partial charge >= 0.3 is 0 Å². The molecule has 1 amide bonds. The number of anilines is 1. The molecule has 5 heterocycles. The van der Waals surface area contributed by atoms with Gasteiger partial charge in [0.15, 0.2) is 5.82 Å². The number of H-pyrrole nitrogens is 1. The first-order valence-electron chi connectivity index (χ1n) is 13.2. The Labute approximate surface area is 226 Å². The second-order valence-corrected chi connectivity index (χ2v) is 11.7. The molecule has 4 aromatic rings. The van der Waals surface area contributed by atoms with Gasteiger partial charge in [0.05, 0.1) is 22.8 Å². The summed E-state index contributed by atoms with van der Waals surface area (Å²) in [5.41, 5.74) is 6.67. The van der Waals surface area contributed by atoms with Gasteiger partial charge in [0.2, 0.25) is 5.91 Å². The van der Waals surface area contributed by atoms with Crippen LogP contribution in [0.2, 0.25) is 5.02 Å². The zero-order valence-electron chi connectivity index (χ0n) is 21.6. The normalized spacial score (nSPS) is 18.9. The maximum Gasteiger partial charge on any atom is 0.245 e. The lowest BCUT2D eigenvalue weighted by molar-refractivity contribution is -0.149. The van der Waals surface area contributed by atoms with Crippen LogP contribution >= 0.6 is 11.6 Å². The minimum absolute atomic E-state index is 0.0260. The van der Waals surface area contributed by atoms with Crippen LogP contribution in [0.3, 0.4) is 0 Å². The number of pyridine rings is 1. The third-order valence-corrected chi connectivity index (χ3v) is 9.29. The van der Waals surface area contributed by atoms with Crippen molar-refractivity contribution in [3.63, 3.8) is 0 Å². The minimum Gasteiger partial charge on any atom is -0.353 e. The Morgan fingerprint density at radius 3 is 2.71 bits per heavy atom. The first-order chi connectivity index (χ1) is 18.4. The zero-order chi connectivity index (χ0) is 26.2. The fraction of sp³-hybridized carbons (Fsp3) is 0.379. The van der Waals surface area contributed by atoms with Crippen LogP contribution < -0.4 is 4.90 Å². The molecule has 38 heavy (non-hydrogen) atoms. The number of amides is 1. The third kappa shape index (κ3) is 3.42. The molecule has 1 aliphatic carbocycles. The van der Waals surface area contributed by atoms with E-state index in [2.05, 4.69) is 50.4 Å². The lowest BCUT2D eigenvalue weighted by atomic mass is 9.60. The van der Waals surface area contributed by atoms with Crippen molar-refractivity contribution in [2.45, 2.75) is 38.6 Å². The summed E-state index contributed by atoms with van der Waals surface area (Å²) in [6.07, 6.45) is 9.11. The first-order valence-corrected chi connectivity index (χ1v) is 13.5. The van der Waals surface area contributed by atoms with E-state index in [1.54, 1.807) is 0 Å². The van der Waals surface area contributed by atoms with E-state index in [0.29, 0.717) is 12.0 Å². The molecular formula is C29H30ClN7O. The van der Waals surface area contributed by atoms with Crippen LogP contribution in [0.25, 0.3) is 22.0 Å². The molecule has 0 unspecified atom stereocenters. The van der Waals surface area contributed by atoms with Gasteiger partial charge in [0.1, 0.15) is 0 Å². The van der Waals surface area contributed by atoms with E-state index in [1.165, 1.54) is 11.6 Å². The molecule has 1 aromatic carbocycles. The summed E-state index contributed by atoms with van der Waals surface area (Å²) >= 11 is 7.02. The Morgan fingerprint density at radius 2 is 2.00 bits per heavy atom. The maximum atomic E-state index is 12.0. The van der Waals surface area contributed by atoms with Crippen LogP contribution in [-0.2, 0) is 4.79 Å². The number of aryl methyl sites for hydroxylation is 1. The summed E-state index contributed by atoms with van der Waals surface area (Å²) < 4.78 is 2.22. The predicted molar refractivity (Wildman–Crippen MR) is 148 cm³/mol. The van der Waals surface area contributed by atoms with Crippen molar-refractivity contribution in [2.24, 2.45) is 5.41 Å². The SMILES string of the molecule is C=CC(=O)N1CC2(CC(n3nc(N4CC(c5cccnc5)C4)c(-c4c(Cl)c(C)cc5[nH]ncc45)c3C)C2)C1. The maximum absolute atomic E-state index is 12.0. The van der Waals surface area contributed by atoms with E-state index in [1.807, 2.05) is 36.5 Å². The Kier molecular flexibility index (Phi) is 5.20. The number of aromatic amines is 1. The zero-order valence-corrected chi connectivity index (χ0v) is 22.4. The van der Waals surface area contributed by atoms with E-state index < -0.39 is 0 Å². The van der Waals surface area contributed by atoms with Crippen molar-refractivity contribution in [1.29, 1.82) is 0 Å². The molecule has 0 atom stereocenters. The molecule has 1 N–H and O–H groups in total. The van der Waals surface area contributed by atoms with Gasteiger partial charge in [-0.15, -0.1) is 0 Å². The minimum atomic E-state index is 0.0260. The summed E-state index contributed by atoms with van der Waals surface area (Å²) in [6.45, 7) is 11.2. The number of rotatable bonds is 5. The van der Waals surface area contributed by atoms with Gasteiger partial charge in [-0.3, -0.25) is 19.6 Å². The first kappa shape index (κ1) is 23.5. The van der Waals surface area contributed by atoms with Crippen molar-refractivity contribution in [1.82, 2.24) is 29.9 Å². The highest BCUT2D eigenvalue weighted by molar-refractivity contribution is 6.36. The highest BCUT2D eigenvalue weighted by Gasteiger charge is 2.54. The highest BCUT2D eigenvalue weighted by atomic mass is 35.5. The molecule has 9 heteroatoms. The summed E-state index contributed by atoms with van der Waals surface area (Å²) in [5, 5.41) is 14.5. The molecule has 194 valence electrons. The summed E-state index contributed by atoms with van der Waals surface area (Å²) in [5.74, 6) is 1.44. The molecule has 8 nitrogen and oxygen atoms in total. The van der Waals surface area contributed by atoms with Crippen molar-refractivity contribution >= 4 is 34.2 Å². The van der Waals surface area contributed by atoms with Gasteiger partial charge in [0.25, 0.3) is 0 Å². The van der Waals surface area contributed by atoms with E-state index in [4.69, 9.17) is 16.7 Å². The van der Waals surface area contributed by atoms with E-state index in [9.17, 15) is 4.79 Å². The standard InChI is InChI=1S/C29H30ClN7O/c1-4-24(38)36-15-29(16-36)9-21(10-29)37-18(3)25(26-22-12-32-33-23(22)8-17(2)27(26)30)28(34-37)35-13-20(14-35)19-6-5-7-31-11-19/h4-8,11-12,20-21H,1,9-10,13-16H2,2-3H3,(H,32,33). The monoisotopic (exact) mass is 527 g/mol. The lowest BCUT2D eigenvalue weighted by Gasteiger charge is -2.58. The molecule has 2 aliphatic heterocycles. The topological polar surface area (TPSA) is 82.9 Å². The Balaban J connectivity index is 1.25. The number of carbonyl (C=O) groups is 1. The van der Waals surface area contributed by atoms with Gasteiger partial charge in [-0.25, -0.2) is 0 Å². The van der Waals surface area contributed by atoms with Crippen molar-refractivity contribution in [3.05, 3.63) is 71.3 Å². The molecule has 2 saturated heterocycles. The third-order valence-electron chi connectivity index (χ3n) is 8.81. The Hall–Kier alpha value is -3.65. The van der Waals surface area contributed by atoms with Gasteiger partial charge in [-0.1, -0.05) is 24.2 Å². The number of nitrogens with zero attached hydrogens (tertiary/aromatic N) is 6. The summed E-state index contributed by atoms with van der Waals surface area (Å²) in [7, 11) is 0. The molecule has 7 rings (SSSR count). The van der Waals surface area contributed by atoms with Gasteiger partial charge < -0.3 is 9.80 Å². The molecule has 0 bridgehead atoms. The number of aromatic nitrogens is 5. The number of halogens is 1. The molecule has 1 spiro atoms. The van der Waals surface area contributed by atoms with E-state index >= 15 is 0 Å². The number of fused-ring (bicyclic) bond motifs is 1. The summed E-state index contributed by atoms with van der Waals surface area (Å²) in [6, 6.07) is 6.51. The predicted octanol–water partition coefficient (Wildman–Crippen LogP) is 5.04. The fourth-order valence-corrected chi connectivity index (χ4v) is 6.97. The van der Waals surface area contributed by atoms with Gasteiger partial charge in [-0.2, -0.15) is 10.2 Å². The largest absolute Gasteiger partial charge is 0.353 e.